The SMILES string of the molecule is CCNC(=NCCCCC(=O)OC)N(C)Cc1ccc(OC)cc1OC. The molecule has 1 aromatic carbocycles. The van der Waals surface area contributed by atoms with Gasteiger partial charge in [0.1, 0.15) is 11.5 Å². The van der Waals surface area contributed by atoms with Crippen molar-refractivity contribution in [2.75, 3.05) is 41.5 Å². The molecule has 7 nitrogen and oxygen atoms in total. The minimum atomic E-state index is -0.176. The third-order valence-corrected chi connectivity index (χ3v) is 3.88. The fourth-order valence-corrected chi connectivity index (χ4v) is 2.45. The molecule has 0 aliphatic carbocycles. The Hall–Kier alpha value is -2.44. The molecular weight excluding hydrogens is 334 g/mol. The molecule has 0 radical (unpaired) electrons. The van der Waals surface area contributed by atoms with Crippen LogP contribution >= 0.6 is 0 Å². The summed E-state index contributed by atoms with van der Waals surface area (Å²) in [7, 11) is 6.68. The summed E-state index contributed by atoms with van der Waals surface area (Å²) in [5, 5.41) is 3.29. The maximum atomic E-state index is 11.1. The summed E-state index contributed by atoms with van der Waals surface area (Å²) < 4.78 is 15.3. The summed E-state index contributed by atoms with van der Waals surface area (Å²) in [6.07, 6.45) is 2.04. The lowest BCUT2D eigenvalue weighted by Gasteiger charge is -2.23. The molecule has 0 spiro atoms. The molecule has 0 heterocycles. The smallest absolute Gasteiger partial charge is 0.305 e. The zero-order chi connectivity index (χ0) is 19.4. The molecule has 0 bridgehead atoms. The summed E-state index contributed by atoms with van der Waals surface area (Å²) >= 11 is 0. The first kappa shape index (κ1) is 21.6. The Morgan fingerprint density at radius 3 is 2.58 bits per heavy atom. The van der Waals surface area contributed by atoms with Crippen molar-refractivity contribution in [1.29, 1.82) is 0 Å². The normalized spacial score (nSPS) is 11.0. The number of nitrogens with one attached hydrogen (secondary N) is 1. The number of aliphatic imine (C=N–C) groups is 1. The average Bonchev–Trinajstić information content (AvgIpc) is 2.66. The molecule has 0 saturated carbocycles. The molecule has 1 rings (SSSR count). The fourth-order valence-electron chi connectivity index (χ4n) is 2.45. The predicted octanol–water partition coefficient (Wildman–Crippen LogP) is 2.44. The van der Waals surface area contributed by atoms with Gasteiger partial charge < -0.3 is 24.4 Å². The lowest BCUT2D eigenvalue weighted by atomic mass is 10.2. The minimum Gasteiger partial charge on any atom is -0.497 e. The number of rotatable bonds is 10. The number of unbranched alkanes of at least 4 members (excludes halogenated alkanes) is 1. The van der Waals surface area contributed by atoms with Gasteiger partial charge in [0, 0.05) is 44.7 Å². The van der Waals surface area contributed by atoms with Crippen LogP contribution in [0.4, 0.5) is 0 Å². The Balaban J connectivity index is 2.68. The average molecular weight is 365 g/mol. The van der Waals surface area contributed by atoms with Crippen molar-refractivity contribution < 1.29 is 19.0 Å². The summed E-state index contributed by atoms with van der Waals surface area (Å²) in [6, 6.07) is 5.79. The monoisotopic (exact) mass is 365 g/mol. The molecule has 1 N–H and O–H groups in total. The zero-order valence-corrected chi connectivity index (χ0v) is 16.5. The van der Waals surface area contributed by atoms with Gasteiger partial charge in [-0.25, -0.2) is 0 Å². The number of benzene rings is 1. The molecule has 0 aliphatic rings. The largest absolute Gasteiger partial charge is 0.497 e. The van der Waals surface area contributed by atoms with E-state index >= 15 is 0 Å². The van der Waals surface area contributed by atoms with E-state index in [1.54, 1.807) is 14.2 Å². The van der Waals surface area contributed by atoms with E-state index in [2.05, 4.69) is 15.0 Å². The highest BCUT2D eigenvalue weighted by molar-refractivity contribution is 5.79. The standard InChI is InChI=1S/C19H31N3O4/c1-6-20-19(21-12-8-7-9-18(23)26-5)22(2)14-15-10-11-16(24-3)13-17(15)25-4/h10-11,13H,6-9,12,14H2,1-5H3,(H,20,21). The van der Waals surface area contributed by atoms with Gasteiger partial charge in [-0.05, 0) is 31.9 Å². The van der Waals surface area contributed by atoms with Crippen molar-refractivity contribution in [1.82, 2.24) is 10.2 Å². The highest BCUT2D eigenvalue weighted by Gasteiger charge is 2.11. The number of ether oxygens (including phenoxy) is 3. The number of nitrogens with zero attached hydrogens (tertiary/aromatic N) is 2. The number of guanidine groups is 1. The first-order chi connectivity index (χ1) is 12.5. The minimum absolute atomic E-state index is 0.176. The van der Waals surface area contributed by atoms with E-state index in [0.717, 1.165) is 42.4 Å². The second kappa shape index (κ2) is 12.0. The molecule has 0 fully saturated rings. The summed E-state index contributed by atoms with van der Waals surface area (Å²) in [5.74, 6) is 2.19. The van der Waals surface area contributed by atoms with Crippen LogP contribution in [0.5, 0.6) is 11.5 Å². The molecule has 146 valence electrons. The molecular formula is C19H31N3O4. The van der Waals surface area contributed by atoms with Crippen LogP contribution in [0.1, 0.15) is 31.7 Å². The number of carbonyl (C=O) groups is 1. The van der Waals surface area contributed by atoms with Crippen LogP contribution in [0.2, 0.25) is 0 Å². The van der Waals surface area contributed by atoms with Gasteiger partial charge in [0.25, 0.3) is 0 Å². The topological polar surface area (TPSA) is 72.4 Å². The molecule has 0 atom stereocenters. The van der Waals surface area contributed by atoms with E-state index in [9.17, 15) is 4.79 Å². The zero-order valence-electron chi connectivity index (χ0n) is 16.5. The van der Waals surface area contributed by atoms with Crippen LogP contribution in [0.3, 0.4) is 0 Å². The van der Waals surface area contributed by atoms with Crippen LogP contribution in [-0.4, -0.2) is 58.3 Å². The van der Waals surface area contributed by atoms with Gasteiger partial charge in [-0.15, -0.1) is 0 Å². The summed E-state index contributed by atoms with van der Waals surface area (Å²) in [5.41, 5.74) is 1.05. The molecule has 0 unspecified atom stereocenters. The van der Waals surface area contributed by atoms with Crippen molar-refractivity contribution in [2.45, 2.75) is 32.7 Å². The maximum Gasteiger partial charge on any atom is 0.305 e. The fraction of sp³-hybridized carbons (Fsp3) is 0.579. The molecule has 26 heavy (non-hydrogen) atoms. The number of esters is 1. The van der Waals surface area contributed by atoms with Crippen LogP contribution < -0.4 is 14.8 Å². The molecule has 7 heteroatoms. The Morgan fingerprint density at radius 2 is 1.96 bits per heavy atom. The first-order valence-electron chi connectivity index (χ1n) is 8.82. The maximum absolute atomic E-state index is 11.1. The first-order valence-corrected chi connectivity index (χ1v) is 8.82. The molecule has 0 aromatic heterocycles. The second-order valence-electron chi connectivity index (χ2n) is 5.80. The van der Waals surface area contributed by atoms with Crippen LogP contribution in [-0.2, 0) is 16.1 Å². The van der Waals surface area contributed by atoms with Gasteiger partial charge in [-0.1, -0.05) is 0 Å². The summed E-state index contributed by atoms with van der Waals surface area (Å²) in [4.78, 5) is 17.8. The Morgan fingerprint density at radius 1 is 1.19 bits per heavy atom. The van der Waals surface area contributed by atoms with Gasteiger partial charge in [-0.3, -0.25) is 9.79 Å². The Kier molecular flexibility index (Phi) is 9.97. The van der Waals surface area contributed by atoms with E-state index < -0.39 is 0 Å². The highest BCUT2D eigenvalue weighted by atomic mass is 16.5. The predicted molar refractivity (Wildman–Crippen MR) is 103 cm³/mol. The Labute approximate surface area is 156 Å². The summed E-state index contributed by atoms with van der Waals surface area (Å²) in [6.45, 7) is 4.13. The number of hydrogen-bond donors (Lipinski definition) is 1. The van der Waals surface area contributed by atoms with Gasteiger partial charge >= 0.3 is 5.97 Å². The van der Waals surface area contributed by atoms with Crippen molar-refractivity contribution in [3.63, 3.8) is 0 Å². The van der Waals surface area contributed by atoms with Gasteiger partial charge in [0.05, 0.1) is 21.3 Å². The number of hydrogen-bond acceptors (Lipinski definition) is 5. The molecule has 1 aromatic rings. The van der Waals surface area contributed by atoms with E-state index in [-0.39, 0.29) is 5.97 Å². The van der Waals surface area contributed by atoms with E-state index in [1.165, 1.54) is 7.11 Å². The second-order valence-corrected chi connectivity index (χ2v) is 5.80. The van der Waals surface area contributed by atoms with Crippen molar-refractivity contribution in [3.8, 4) is 11.5 Å². The van der Waals surface area contributed by atoms with Gasteiger partial charge in [-0.2, -0.15) is 0 Å². The van der Waals surface area contributed by atoms with Gasteiger partial charge in [0.2, 0.25) is 0 Å². The number of carbonyl (C=O) groups excluding carboxylic acids is 1. The van der Waals surface area contributed by atoms with E-state index in [0.29, 0.717) is 19.5 Å². The molecule has 0 amide bonds. The van der Waals surface area contributed by atoms with Crippen molar-refractivity contribution >= 4 is 11.9 Å². The molecule has 0 aliphatic heterocycles. The van der Waals surface area contributed by atoms with Crippen molar-refractivity contribution in [2.24, 2.45) is 4.99 Å². The third-order valence-electron chi connectivity index (χ3n) is 3.88. The quantitative estimate of drug-likeness (QED) is 0.297. The van der Waals surface area contributed by atoms with Gasteiger partial charge in [0.15, 0.2) is 5.96 Å². The highest BCUT2D eigenvalue weighted by Crippen LogP contribution is 2.25. The molecule has 0 saturated heterocycles. The lowest BCUT2D eigenvalue weighted by Crippen LogP contribution is -2.38. The van der Waals surface area contributed by atoms with E-state index in [1.807, 2.05) is 37.1 Å². The number of methoxy groups -OCH3 is 3. The van der Waals surface area contributed by atoms with Crippen LogP contribution in [0, 0.1) is 0 Å². The Bertz CT molecular complexity index is 590. The third kappa shape index (κ3) is 7.21. The van der Waals surface area contributed by atoms with Crippen LogP contribution in [0.25, 0.3) is 0 Å². The van der Waals surface area contributed by atoms with E-state index in [4.69, 9.17) is 9.47 Å². The lowest BCUT2D eigenvalue weighted by molar-refractivity contribution is -0.140. The van der Waals surface area contributed by atoms with Crippen LogP contribution in [0.15, 0.2) is 23.2 Å². The van der Waals surface area contributed by atoms with Crippen molar-refractivity contribution in [3.05, 3.63) is 23.8 Å².